The van der Waals surface area contributed by atoms with Crippen LogP contribution in [-0.2, 0) is 6.42 Å². The monoisotopic (exact) mass is 377 g/mol. The number of hydrogen-bond acceptors (Lipinski definition) is 3. The van der Waals surface area contributed by atoms with Gasteiger partial charge in [-0.25, -0.2) is 0 Å². The van der Waals surface area contributed by atoms with Gasteiger partial charge in [-0.1, -0.05) is 36.4 Å². The van der Waals surface area contributed by atoms with Crippen molar-refractivity contribution in [3.05, 3.63) is 65.5 Å². The Labute approximate surface area is 168 Å². The van der Waals surface area contributed by atoms with E-state index in [0.717, 1.165) is 44.0 Å². The van der Waals surface area contributed by atoms with Crippen LogP contribution in [-0.4, -0.2) is 53.4 Å². The van der Waals surface area contributed by atoms with Crippen molar-refractivity contribution in [2.24, 2.45) is 11.8 Å². The number of amides is 1. The van der Waals surface area contributed by atoms with Gasteiger partial charge < -0.3 is 9.80 Å². The minimum absolute atomic E-state index is 0.112. The van der Waals surface area contributed by atoms with Crippen molar-refractivity contribution in [1.29, 1.82) is 0 Å². The molecule has 4 nitrogen and oxygen atoms in total. The van der Waals surface area contributed by atoms with Gasteiger partial charge in [0.05, 0.1) is 0 Å². The highest BCUT2D eigenvalue weighted by Gasteiger charge is 2.34. The Bertz CT molecular complexity index is 783. The number of rotatable bonds is 5. The Hall–Kier alpha value is -2.20. The number of nitrogens with zero attached hydrogens (tertiary/aromatic N) is 3. The summed E-state index contributed by atoms with van der Waals surface area (Å²) in [4.78, 5) is 21.8. The predicted molar refractivity (Wildman–Crippen MR) is 112 cm³/mol. The van der Waals surface area contributed by atoms with Gasteiger partial charge in [-0.3, -0.25) is 9.78 Å². The van der Waals surface area contributed by atoms with Crippen LogP contribution in [0.5, 0.6) is 0 Å². The van der Waals surface area contributed by atoms with Crippen LogP contribution < -0.4 is 0 Å². The van der Waals surface area contributed by atoms with Crippen LogP contribution >= 0.6 is 0 Å². The summed E-state index contributed by atoms with van der Waals surface area (Å²) in [7, 11) is 0. The topological polar surface area (TPSA) is 36.4 Å². The van der Waals surface area contributed by atoms with Crippen molar-refractivity contribution >= 4 is 5.91 Å². The van der Waals surface area contributed by atoms with E-state index in [1.165, 1.54) is 31.5 Å². The fourth-order valence-corrected chi connectivity index (χ4v) is 4.80. The van der Waals surface area contributed by atoms with E-state index >= 15 is 0 Å². The molecule has 3 heterocycles. The van der Waals surface area contributed by atoms with Crippen molar-refractivity contribution in [2.45, 2.75) is 32.6 Å². The Morgan fingerprint density at radius 2 is 1.75 bits per heavy atom. The lowest BCUT2D eigenvalue weighted by molar-refractivity contribution is 0.0767. The molecule has 28 heavy (non-hydrogen) atoms. The lowest BCUT2D eigenvalue weighted by Crippen LogP contribution is -2.38. The summed E-state index contributed by atoms with van der Waals surface area (Å²) in [6.45, 7) is 7.31. The first-order valence-electron chi connectivity index (χ1n) is 10.7. The highest BCUT2D eigenvalue weighted by Crippen LogP contribution is 2.32. The van der Waals surface area contributed by atoms with Gasteiger partial charge >= 0.3 is 0 Å². The van der Waals surface area contributed by atoms with E-state index in [0.29, 0.717) is 11.6 Å². The van der Waals surface area contributed by atoms with Crippen LogP contribution in [0.2, 0.25) is 0 Å². The first-order valence-corrected chi connectivity index (χ1v) is 10.7. The van der Waals surface area contributed by atoms with Gasteiger partial charge in [0.1, 0.15) is 5.69 Å². The standard InChI is InChI=1S/C24H31N3O/c1-19-6-5-13-25-23(19)24(28)27-17-12-22(18-27)21-10-15-26(16-11-21)14-9-20-7-3-2-4-8-20/h2-8,13,21-22H,9-12,14-18H2,1H3/t22-/m1/s1. The molecule has 2 fully saturated rings. The van der Waals surface area contributed by atoms with Crippen molar-refractivity contribution < 1.29 is 4.79 Å². The molecule has 1 atom stereocenters. The first-order chi connectivity index (χ1) is 13.7. The van der Waals surface area contributed by atoms with Gasteiger partial charge in [-0.15, -0.1) is 0 Å². The third kappa shape index (κ3) is 4.44. The van der Waals surface area contributed by atoms with Gasteiger partial charge in [-0.05, 0) is 74.7 Å². The number of aryl methyl sites for hydroxylation is 1. The molecule has 0 N–H and O–H groups in total. The molecule has 0 spiro atoms. The van der Waals surface area contributed by atoms with Crippen molar-refractivity contribution in [2.75, 3.05) is 32.7 Å². The first kappa shape index (κ1) is 19.1. The maximum absolute atomic E-state index is 12.8. The quantitative estimate of drug-likeness (QED) is 0.795. The van der Waals surface area contributed by atoms with Gasteiger partial charge in [0.25, 0.3) is 5.91 Å². The molecular weight excluding hydrogens is 346 g/mol. The third-order valence-corrected chi connectivity index (χ3v) is 6.58. The summed E-state index contributed by atoms with van der Waals surface area (Å²) in [5.74, 6) is 1.53. The number of carbonyl (C=O) groups is 1. The van der Waals surface area contributed by atoms with Gasteiger partial charge in [0.15, 0.2) is 0 Å². The minimum Gasteiger partial charge on any atom is -0.337 e. The highest BCUT2D eigenvalue weighted by atomic mass is 16.2. The molecule has 0 unspecified atom stereocenters. The molecule has 0 aliphatic carbocycles. The van der Waals surface area contributed by atoms with E-state index in [-0.39, 0.29) is 5.91 Å². The average Bonchev–Trinajstić information content (AvgIpc) is 3.23. The lowest BCUT2D eigenvalue weighted by Gasteiger charge is -2.34. The predicted octanol–water partition coefficient (Wildman–Crippen LogP) is 3.81. The lowest BCUT2D eigenvalue weighted by atomic mass is 9.83. The number of carbonyl (C=O) groups excluding carboxylic acids is 1. The van der Waals surface area contributed by atoms with Crippen LogP contribution in [0, 0.1) is 18.8 Å². The molecule has 2 saturated heterocycles. The second-order valence-corrected chi connectivity index (χ2v) is 8.38. The van der Waals surface area contributed by atoms with Crippen LogP contribution in [0.1, 0.15) is 40.9 Å². The molecule has 0 bridgehead atoms. The van der Waals surface area contributed by atoms with Crippen LogP contribution in [0.25, 0.3) is 0 Å². The normalized spacial score (nSPS) is 21.2. The Balaban J connectivity index is 1.24. The van der Waals surface area contributed by atoms with E-state index in [1.807, 2.05) is 24.0 Å². The minimum atomic E-state index is 0.112. The molecule has 148 valence electrons. The Kier molecular flexibility index (Phi) is 6.06. The molecule has 1 aromatic carbocycles. The number of hydrogen-bond donors (Lipinski definition) is 0. The van der Waals surface area contributed by atoms with Crippen molar-refractivity contribution in [3.63, 3.8) is 0 Å². The summed E-state index contributed by atoms with van der Waals surface area (Å²) < 4.78 is 0. The molecule has 1 amide bonds. The fourth-order valence-electron chi connectivity index (χ4n) is 4.80. The summed E-state index contributed by atoms with van der Waals surface area (Å²) >= 11 is 0. The van der Waals surface area contributed by atoms with Crippen LogP contribution in [0.4, 0.5) is 0 Å². The third-order valence-electron chi connectivity index (χ3n) is 6.58. The number of aromatic nitrogens is 1. The van der Waals surface area contributed by atoms with E-state index in [4.69, 9.17) is 0 Å². The second-order valence-electron chi connectivity index (χ2n) is 8.38. The molecular formula is C24H31N3O. The van der Waals surface area contributed by atoms with E-state index in [9.17, 15) is 4.79 Å². The van der Waals surface area contributed by atoms with Crippen molar-refractivity contribution in [1.82, 2.24) is 14.8 Å². The zero-order chi connectivity index (χ0) is 19.3. The maximum Gasteiger partial charge on any atom is 0.272 e. The Morgan fingerprint density at radius 3 is 2.50 bits per heavy atom. The zero-order valence-electron chi connectivity index (χ0n) is 16.9. The van der Waals surface area contributed by atoms with Crippen LogP contribution in [0.15, 0.2) is 48.7 Å². The fraction of sp³-hybridized carbons (Fsp3) is 0.500. The van der Waals surface area contributed by atoms with E-state index in [1.54, 1.807) is 6.20 Å². The maximum atomic E-state index is 12.8. The molecule has 4 heteroatoms. The molecule has 2 aliphatic heterocycles. The summed E-state index contributed by atoms with van der Waals surface area (Å²) in [5.41, 5.74) is 3.03. The molecule has 1 aromatic heterocycles. The number of piperidine rings is 1. The van der Waals surface area contributed by atoms with E-state index < -0.39 is 0 Å². The largest absolute Gasteiger partial charge is 0.337 e. The van der Waals surface area contributed by atoms with Crippen molar-refractivity contribution in [3.8, 4) is 0 Å². The van der Waals surface area contributed by atoms with Crippen LogP contribution in [0.3, 0.4) is 0 Å². The average molecular weight is 378 g/mol. The molecule has 2 aromatic rings. The molecule has 2 aliphatic rings. The SMILES string of the molecule is Cc1cccnc1C(=O)N1CC[C@@H](C2CCN(CCc3ccccc3)CC2)C1. The second kappa shape index (κ2) is 8.87. The Morgan fingerprint density at radius 1 is 1.00 bits per heavy atom. The smallest absolute Gasteiger partial charge is 0.272 e. The number of benzene rings is 1. The molecule has 0 radical (unpaired) electrons. The summed E-state index contributed by atoms with van der Waals surface area (Å²) in [6, 6.07) is 14.6. The van der Waals surface area contributed by atoms with Gasteiger partial charge in [0.2, 0.25) is 0 Å². The number of likely N-dealkylation sites (tertiary alicyclic amines) is 2. The van der Waals surface area contributed by atoms with Gasteiger partial charge in [-0.2, -0.15) is 0 Å². The highest BCUT2D eigenvalue weighted by molar-refractivity contribution is 5.93. The molecule has 0 saturated carbocycles. The number of pyridine rings is 1. The van der Waals surface area contributed by atoms with E-state index in [2.05, 4.69) is 40.2 Å². The van der Waals surface area contributed by atoms with Gasteiger partial charge in [0, 0.05) is 25.8 Å². The zero-order valence-corrected chi connectivity index (χ0v) is 16.9. The summed E-state index contributed by atoms with van der Waals surface area (Å²) in [6.07, 6.45) is 6.54. The summed E-state index contributed by atoms with van der Waals surface area (Å²) in [5, 5.41) is 0. The molecule has 4 rings (SSSR count).